The van der Waals surface area contributed by atoms with Gasteiger partial charge in [-0.1, -0.05) is 30.3 Å². The molecule has 1 radical (unpaired) electrons. The first kappa shape index (κ1) is 11.6. The van der Waals surface area contributed by atoms with E-state index >= 15 is 0 Å². The fourth-order valence-electron chi connectivity index (χ4n) is 1.91. The molecule has 2 heteroatoms. The van der Waals surface area contributed by atoms with Gasteiger partial charge in [-0.15, -0.1) is 0 Å². The highest BCUT2D eigenvalue weighted by Crippen LogP contribution is 2.18. The summed E-state index contributed by atoms with van der Waals surface area (Å²) in [5.74, 6) is 0.543. The second kappa shape index (κ2) is 6.02. The van der Waals surface area contributed by atoms with Crippen LogP contribution in [0.1, 0.15) is 18.4 Å². The van der Waals surface area contributed by atoms with Crippen molar-refractivity contribution in [2.75, 3.05) is 13.2 Å². The van der Waals surface area contributed by atoms with Crippen molar-refractivity contribution < 1.29 is 9.47 Å². The minimum absolute atomic E-state index is 0.186. The van der Waals surface area contributed by atoms with E-state index in [4.69, 9.17) is 9.47 Å². The second-order valence-electron chi connectivity index (χ2n) is 4.40. The zero-order valence-electron chi connectivity index (χ0n) is 9.60. The smallest absolute Gasteiger partial charge is 0.0717 e. The average Bonchev–Trinajstić information content (AvgIpc) is 2.33. The maximum atomic E-state index is 5.69. The molecule has 1 fully saturated rings. The van der Waals surface area contributed by atoms with Crippen LogP contribution in [0.5, 0.6) is 0 Å². The van der Waals surface area contributed by atoms with Crippen molar-refractivity contribution in [2.45, 2.75) is 25.6 Å². The third-order valence-electron chi connectivity index (χ3n) is 2.93. The van der Waals surface area contributed by atoms with Gasteiger partial charge in [0.1, 0.15) is 0 Å². The number of hydrogen-bond donors (Lipinski definition) is 0. The minimum atomic E-state index is 0.186. The molecule has 0 saturated carbocycles. The van der Waals surface area contributed by atoms with Crippen LogP contribution in [0.25, 0.3) is 0 Å². The van der Waals surface area contributed by atoms with Crippen molar-refractivity contribution in [1.29, 1.82) is 0 Å². The van der Waals surface area contributed by atoms with E-state index in [2.05, 4.69) is 19.1 Å². The van der Waals surface area contributed by atoms with E-state index in [9.17, 15) is 0 Å². The zero-order chi connectivity index (χ0) is 11.2. The van der Waals surface area contributed by atoms with Crippen LogP contribution in [0, 0.1) is 12.8 Å². The van der Waals surface area contributed by atoms with Crippen LogP contribution in [0.15, 0.2) is 30.3 Å². The largest absolute Gasteiger partial charge is 0.378 e. The van der Waals surface area contributed by atoms with Crippen LogP contribution in [0.3, 0.4) is 0 Å². The molecule has 0 amide bonds. The highest BCUT2D eigenvalue weighted by atomic mass is 16.5. The Morgan fingerprint density at radius 1 is 1.25 bits per heavy atom. The van der Waals surface area contributed by atoms with Gasteiger partial charge in [-0.2, -0.15) is 0 Å². The molecule has 1 heterocycles. The molecule has 2 rings (SSSR count). The summed E-state index contributed by atoms with van der Waals surface area (Å²) in [5, 5.41) is 0. The number of hydrogen-bond acceptors (Lipinski definition) is 2. The van der Waals surface area contributed by atoms with Gasteiger partial charge in [-0.05, 0) is 25.3 Å². The zero-order valence-corrected chi connectivity index (χ0v) is 9.60. The molecule has 1 aromatic rings. The standard InChI is InChI=1S/C14H19O2/c1-12-7-8-14(11-16-12)10-15-9-13-5-3-2-4-6-13/h2-6,12,14H,1,7-11H2. The van der Waals surface area contributed by atoms with Crippen LogP contribution in [0.4, 0.5) is 0 Å². The molecule has 2 atom stereocenters. The first-order valence-corrected chi connectivity index (χ1v) is 5.91. The number of ether oxygens (including phenoxy) is 2. The first-order chi connectivity index (χ1) is 7.84. The van der Waals surface area contributed by atoms with Crippen LogP contribution >= 0.6 is 0 Å². The molecule has 1 aliphatic rings. The molecule has 2 unspecified atom stereocenters. The molecular formula is C14H19O2. The monoisotopic (exact) mass is 219 g/mol. The highest BCUT2D eigenvalue weighted by molar-refractivity contribution is 5.13. The molecule has 87 valence electrons. The van der Waals surface area contributed by atoms with Crippen LogP contribution in [-0.2, 0) is 16.1 Å². The van der Waals surface area contributed by atoms with E-state index in [1.807, 2.05) is 18.2 Å². The molecule has 0 bridgehead atoms. The molecule has 0 aliphatic carbocycles. The lowest BCUT2D eigenvalue weighted by Crippen LogP contribution is -2.26. The van der Waals surface area contributed by atoms with E-state index in [1.54, 1.807) is 0 Å². The van der Waals surface area contributed by atoms with Crippen molar-refractivity contribution in [3.63, 3.8) is 0 Å². The average molecular weight is 219 g/mol. The predicted molar refractivity (Wildman–Crippen MR) is 63.9 cm³/mol. The van der Waals surface area contributed by atoms with E-state index in [1.165, 1.54) is 12.0 Å². The van der Waals surface area contributed by atoms with E-state index in [0.717, 1.165) is 19.6 Å². The molecule has 2 nitrogen and oxygen atoms in total. The maximum absolute atomic E-state index is 5.69. The van der Waals surface area contributed by atoms with Crippen LogP contribution < -0.4 is 0 Å². The topological polar surface area (TPSA) is 18.5 Å². The quantitative estimate of drug-likeness (QED) is 0.775. The van der Waals surface area contributed by atoms with Gasteiger partial charge >= 0.3 is 0 Å². The van der Waals surface area contributed by atoms with Gasteiger partial charge in [0.15, 0.2) is 0 Å². The van der Waals surface area contributed by atoms with Gasteiger partial charge in [0, 0.05) is 5.92 Å². The summed E-state index contributed by atoms with van der Waals surface area (Å²) < 4.78 is 11.2. The Morgan fingerprint density at radius 3 is 2.75 bits per heavy atom. The lowest BCUT2D eigenvalue weighted by Gasteiger charge is -2.26. The van der Waals surface area contributed by atoms with Gasteiger partial charge in [0.25, 0.3) is 0 Å². The molecule has 0 aromatic heterocycles. The fraction of sp³-hybridized carbons (Fsp3) is 0.500. The molecular weight excluding hydrogens is 200 g/mol. The minimum Gasteiger partial charge on any atom is -0.378 e. The van der Waals surface area contributed by atoms with Gasteiger partial charge in [-0.25, -0.2) is 0 Å². The third-order valence-corrected chi connectivity index (χ3v) is 2.93. The Labute approximate surface area is 97.6 Å². The predicted octanol–water partition coefficient (Wildman–Crippen LogP) is 2.83. The Balaban J connectivity index is 1.65. The number of benzene rings is 1. The molecule has 1 aromatic carbocycles. The maximum Gasteiger partial charge on any atom is 0.0717 e. The van der Waals surface area contributed by atoms with E-state index < -0.39 is 0 Å². The van der Waals surface area contributed by atoms with Gasteiger partial charge in [0.2, 0.25) is 0 Å². The normalized spacial score (nSPS) is 25.6. The molecule has 0 N–H and O–H groups in total. The SMILES string of the molecule is [CH2]C1CCC(COCc2ccccc2)CO1. The Bertz CT molecular complexity index is 289. The molecule has 0 spiro atoms. The van der Waals surface area contributed by atoms with Crippen molar-refractivity contribution in [3.05, 3.63) is 42.8 Å². The molecule has 1 saturated heterocycles. The Hall–Kier alpha value is -0.860. The van der Waals surface area contributed by atoms with Crippen molar-refractivity contribution in [2.24, 2.45) is 5.92 Å². The van der Waals surface area contributed by atoms with E-state index in [-0.39, 0.29) is 6.10 Å². The first-order valence-electron chi connectivity index (χ1n) is 5.91. The van der Waals surface area contributed by atoms with Crippen LogP contribution in [0.2, 0.25) is 0 Å². The molecule has 16 heavy (non-hydrogen) atoms. The summed E-state index contributed by atoms with van der Waals surface area (Å²) >= 11 is 0. The summed E-state index contributed by atoms with van der Waals surface area (Å²) in [6.45, 7) is 6.18. The lowest BCUT2D eigenvalue weighted by molar-refractivity contribution is -0.0269. The lowest BCUT2D eigenvalue weighted by atomic mass is 10.00. The third kappa shape index (κ3) is 3.62. The molecule has 1 aliphatic heterocycles. The summed E-state index contributed by atoms with van der Waals surface area (Å²) in [4.78, 5) is 0. The summed E-state index contributed by atoms with van der Waals surface area (Å²) in [6.07, 6.45) is 2.41. The highest BCUT2D eigenvalue weighted by Gasteiger charge is 2.18. The Kier molecular flexibility index (Phi) is 4.37. The van der Waals surface area contributed by atoms with E-state index in [0.29, 0.717) is 12.5 Å². The fourth-order valence-corrected chi connectivity index (χ4v) is 1.91. The summed E-state index contributed by atoms with van der Waals surface area (Å²) in [7, 11) is 0. The van der Waals surface area contributed by atoms with Crippen molar-refractivity contribution >= 4 is 0 Å². The van der Waals surface area contributed by atoms with Gasteiger partial charge in [0.05, 0.1) is 25.9 Å². The second-order valence-corrected chi connectivity index (χ2v) is 4.40. The van der Waals surface area contributed by atoms with Crippen molar-refractivity contribution in [1.82, 2.24) is 0 Å². The number of rotatable bonds is 4. The van der Waals surface area contributed by atoms with Crippen molar-refractivity contribution in [3.8, 4) is 0 Å². The summed E-state index contributed by atoms with van der Waals surface area (Å²) in [5.41, 5.74) is 1.23. The van der Waals surface area contributed by atoms with Gasteiger partial charge < -0.3 is 9.47 Å². The van der Waals surface area contributed by atoms with Gasteiger partial charge in [-0.3, -0.25) is 0 Å². The van der Waals surface area contributed by atoms with Crippen LogP contribution in [-0.4, -0.2) is 19.3 Å². The summed E-state index contributed by atoms with van der Waals surface area (Å²) in [6, 6.07) is 10.3. The Morgan fingerprint density at radius 2 is 2.06 bits per heavy atom.